The van der Waals surface area contributed by atoms with E-state index in [4.69, 9.17) is 15.6 Å². The van der Waals surface area contributed by atoms with Crippen LogP contribution in [0.15, 0.2) is 0 Å². The average molecular weight is 300 g/mol. The largest absolute Gasteiger partial charge is 0.481 e. The highest BCUT2D eigenvalue weighted by atomic mass is 16.5. The van der Waals surface area contributed by atoms with Gasteiger partial charge >= 0.3 is 5.97 Å². The van der Waals surface area contributed by atoms with Crippen LogP contribution in [0.4, 0.5) is 0 Å². The van der Waals surface area contributed by atoms with Gasteiger partial charge < -0.3 is 20.9 Å². The summed E-state index contributed by atoms with van der Waals surface area (Å²) < 4.78 is 4.93. The minimum Gasteiger partial charge on any atom is -0.481 e. The number of ether oxygens (including phenoxy) is 1. The molecule has 0 aromatic carbocycles. The third-order valence-electron chi connectivity index (χ3n) is 4.28. The molecule has 21 heavy (non-hydrogen) atoms. The molecular weight excluding hydrogens is 272 g/mol. The highest BCUT2D eigenvalue weighted by molar-refractivity contribution is 5.81. The Hall–Kier alpha value is -1.14. The summed E-state index contributed by atoms with van der Waals surface area (Å²) in [4.78, 5) is 23.1. The summed E-state index contributed by atoms with van der Waals surface area (Å²) in [6.07, 6.45) is 6.36. The third-order valence-corrected chi connectivity index (χ3v) is 4.28. The molecule has 1 saturated carbocycles. The zero-order valence-corrected chi connectivity index (χ0v) is 12.9. The number of amides is 1. The minimum atomic E-state index is -0.796. The lowest BCUT2D eigenvalue weighted by molar-refractivity contribution is -0.140. The summed E-state index contributed by atoms with van der Waals surface area (Å²) in [5, 5.41) is 12.0. The lowest BCUT2D eigenvalue weighted by Gasteiger charge is -2.36. The number of hydrogen-bond donors (Lipinski definition) is 3. The second kappa shape index (κ2) is 9.00. The van der Waals surface area contributed by atoms with Crippen LogP contribution in [0.1, 0.15) is 51.4 Å². The van der Waals surface area contributed by atoms with Gasteiger partial charge in [0.05, 0.1) is 12.5 Å². The Bertz CT molecular complexity index is 341. The molecule has 0 aromatic heterocycles. The molecule has 6 nitrogen and oxygen atoms in total. The summed E-state index contributed by atoms with van der Waals surface area (Å²) in [6, 6.07) is -0.550. The monoisotopic (exact) mass is 300 g/mol. The number of carboxylic acid groups (broad SMARTS) is 1. The Balaban J connectivity index is 2.44. The van der Waals surface area contributed by atoms with E-state index in [0.717, 1.165) is 38.5 Å². The molecule has 0 spiro atoms. The molecule has 1 amide bonds. The number of carbonyl (C=O) groups is 2. The number of rotatable bonds is 9. The minimum absolute atomic E-state index is 0.117. The quantitative estimate of drug-likeness (QED) is 0.557. The van der Waals surface area contributed by atoms with Gasteiger partial charge in [0.15, 0.2) is 0 Å². The van der Waals surface area contributed by atoms with Crippen LogP contribution < -0.4 is 11.1 Å². The van der Waals surface area contributed by atoms with E-state index in [1.807, 2.05) is 0 Å². The number of nitrogens with one attached hydrogen (secondary N) is 1. The van der Waals surface area contributed by atoms with Crippen LogP contribution in [0, 0.1) is 5.41 Å². The second-order valence-electron chi connectivity index (χ2n) is 6.09. The zero-order valence-electron chi connectivity index (χ0n) is 12.9. The van der Waals surface area contributed by atoms with Crippen molar-refractivity contribution in [2.45, 2.75) is 57.4 Å². The highest BCUT2D eigenvalue weighted by Gasteiger charge is 2.35. The van der Waals surface area contributed by atoms with Crippen molar-refractivity contribution in [1.82, 2.24) is 5.32 Å². The molecule has 6 heteroatoms. The topological polar surface area (TPSA) is 102 Å². The third kappa shape index (κ3) is 6.44. The first-order valence-electron chi connectivity index (χ1n) is 7.73. The van der Waals surface area contributed by atoms with E-state index in [1.54, 1.807) is 7.11 Å². The van der Waals surface area contributed by atoms with Gasteiger partial charge in [-0.15, -0.1) is 0 Å². The van der Waals surface area contributed by atoms with Crippen LogP contribution in [0.3, 0.4) is 0 Å². The first-order valence-corrected chi connectivity index (χ1v) is 7.73. The van der Waals surface area contributed by atoms with Crippen molar-refractivity contribution in [2.75, 3.05) is 20.3 Å². The predicted octanol–water partition coefficient (Wildman–Crippen LogP) is 1.28. The molecule has 0 bridgehead atoms. The fourth-order valence-corrected chi connectivity index (χ4v) is 3.02. The molecule has 1 atom stereocenters. The predicted molar refractivity (Wildman–Crippen MR) is 79.9 cm³/mol. The molecule has 0 saturated heterocycles. The molecule has 1 aliphatic rings. The van der Waals surface area contributed by atoms with E-state index in [9.17, 15) is 9.59 Å². The van der Waals surface area contributed by atoms with Crippen LogP contribution in [0.5, 0.6) is 0 Å². The Morgan fingerprint density at radius 1 is 1.33 bits per heavy atom. The fraction of sp³-hybridized carbons (Fsp3) is 0.867. The van der Waals surface area contributed by atoms with Gasteiger partial charge in [0.25, 0.3) is 0 Å². The van der Waals surface area contributed by atoms with Crippen molar-refractivity contribution >= 4 is 11.9 Å². The molecule has 1 aliphatic carbocycles. The Morgan fingerprint density at radius 3 is 2.57 bits per heavy atom. The van der Waals surface area contributed by atoms with Crippen LogP contribution in [0.25, 0.3) is 0 Å². The van der Waals surface area contributed by atoms with Gasteiger partial charge in [-0.25, -0.2) is 0 Å². The summed E-state index contributed by atoms with van der Waals surface area (Å²) in [6.45, 7) is 1.00. The van der Waals surface area contributed by atoms with E-state index in [1.165, 1.54) is 0 Å². The maximum Gasteiger partial charge on any atom is 0.303 e. The summed E-state index contributed by atoms with van der Waals surface area (Å²) >= 11 is 0. The molecule has 122 valence electrons. The van der Waals surface area contributed by atoms with Gasteiger partial charge in [0, 0.05) is 20.3 Å². The molecule has 0 aliphatic heterocycles. The standard InChI is InChI=1S/C15H28N2O4/c1-21-9-5-6-12(16)14(20)17-11-15(10-13(18)19)7-3-2-4-8-15/h12H,2-11,16H2,1H3,(H,17,20)(H,18,19). The van der Waals surface area contributed by atoms with Crippen LogP contribution in [-0.4, -0.2) is 43.3 Å². The van der Waals surface area contributed by atoms with Gasteiger partial charge in [0.2, 0.25) is 5.91 Å². The maximum absolute atomic E-state index is 12.0. The smallest absolute Gasteiger partial charge is 0.303 e. The van der Waals surface area contributed by atoms with E-state index in [2.05, 4.69) is 5.32 Å². The van der Waals surface area contributed by atoms with E-state index >= 15 is 0 Å². The van der Waals surface area contributed by atoms with Crippen molar-refractivity contribution < 1.29 is 19.4 Å². The summed E-state index contributed by atoms with van der Waals surface area (Å²) in [5.74, 6) is -0.989. The molecule has 4 N–H and O–H groups in total. The van der Waals surface area contributed by atoms with Crippen LogP contribution in [-0.2, 0) is 14.3 Å². The first-order chi connectivity index (χ1) is 9.99. The first kappa shape index (κ1) is 17.9. The van der Waals surface area contributed by atoms with Crippen molar-refractivity contribution in [1.29, 1.82) is 0 Å². The Kier molecular flexibility index (Phi) is 7.67. The van der Waals surface area contributed by atoms with E-state index < -0.39 is 12.0 Å². The molecule has 1 unspecified atom stereocenters. The highest BCUT2D eigenvalue weighted by Crippen LogP contribution is 2.38. The van der Waals surface area contributed by atoms with Gasteiger partial charge in [-0.05, 0) is 31.1 Å². The zero-order chi connectivity index (χ0) is 15.7. The lowest BCUT2D eigenvalue weighted by atomic mass is 9.71. The molecule has 1 rings (SSSR count). The summed E-state index contributed by atoms with van der Waals surface area (Å²) in [7, 11) is 1.62. The average Bonchev–Trinajstić information content (AvgIpc) is 2.45. The molecule has 0 aromatic rings. The molecule has 1 fully saturated rings. The van der Waals surface area contributed by atoms with Crippen molar-refractivity contribution in [3.63, 3.8) is 0 Å². The van der Waals surface area contributed by atoms with Gasteiger partial charge in [-0.2, -0.15) is 0 Å². The number of nitrogens with two attached hydrogens (primary N) is 1. The normalized spacial score (nSPS) is 19.0. The Labute approximate surface area is 126 Å². The van der Waals surface area contributed by atoms with Gasteiger partial charge in [0.1, 0.15) is 0 Å². The molecule has 0 heterocycles. The van der Waals surface area contributed by atoms with Crippen molar-refractivity contribution in [3.8, 4) is 0 Å². The number of carbonyl (C=O) groups excluding carboxylic acids is 1. The summed E-state index contributed by atoms with van der Waals surface area (Å²) in [5.41, 5.74) is 5.53. The molecule has 0 radical (unpaired) electrons. The number of carboxylic acids is 1. The number of methoxy groups -OCH3 is 1. The van der Waals surface area contributed by atoms with Crippen molar-refractivity contribution in [3.05, 3.63) is 0 Å². The molecular formula is C15H28N2O4. The van der Waals surface area contributed by atoms with E-state index in [0.29, 0.717) is 19.6 Å². The fourth-order valence-electron chi connectivity index (χ4n) is 3.02. The Morgan fingerprint density at radius 2 is 2.00 bits per heavy atom. The SMILES string of the molecule is COCCCC(N)C(=O)NCC1(CC(=O)O)CCCCC1. The number of aliphatic carboxylic acids is 1. The maximum atomic E-state index is 12.0. The van der Waals surface area contributed by atoms with Crippen LogP contribution >= 0.6 is 0 Å². The van der Waals surface area contributed by atoms with Gasteiger partial charge in [-0.3, -0.25) is 9.59 Å². The van der Waals surface area contributed by atoms with Gasteiger partial charge in [-0.1, -0.05) is 19.3 Å². The van der Waals surface area contributed by atoms with Crippen LogP contribution in [0.2, 0.25) is 0 Å². The number of hydrogen-bond acceptors (Lipinski definition) is 4. The van der Waals surface area contributed by atoms with E-state index in [-0.39, 0.29) is 17.7 Å². The van der Waals surface area contributed by atoms with Crippen molar-refractivity contribution in [2.24, 2.45) is 11.1 Å². The lowest BCUT2D eigenvalue weighted by Crippen LogP contribution is -2.46. The second-order valence-corrected chi connectivity index (χ2v) is 6.09.